The predicted octanol–water partition coefficient (Wildman–Crippen LogP) is 12.4. The highest BCUT2D eigenvalue weighted by Gasteiger charge is 2.16. The fourth-order valence-electron chi connectivity index (χ4n) is 7.65. The van der Waals surface area contributed by atoms with Gasteiger partial charge in [0.15, 0.2) is 0 Å². The smallest absolute Gasteiger partial charge is 0.114 e. The third kappa shape index (κ3) is 4.38. The first-order valence-corrected chi connectivity index (χ1v) is 17.7. The van der Waals surface area contributed by atoms with Crippen molar-refractivity contribution in [1.82, 2.24) is 14.1 Å². The van der Waals surface area contributed by atoms with Crippen molar-refractivity contribution in [3.63, 3.8) is 0 Å². The van der Waals surface area contributed by atoms with Gasteiger partial charge in [-0.25, -0.2) is 4.98 Å². The van der Waals surface area contributed by atoms with Gasteiger partial charge in [-0.2, -0.15) is 0 Å². The molecule has 0 unspecified atom stereocenters. The Morgan fingerprint density at radius 1 is 0.490 bits per heavy atom. The van der Waals surface area contributed by atoms with E-state index in [1.807, 2.05) is 11.3 Å². The Morgan fingerprint density at radius 3 is 2.00 bits per heavy atom. The molecule has 49 heavy (non-hydrogen) atoms. The van der Waals surface area contributed by atoms with Crippen molar-refractivity contribution in [2.75, 3.05) is 0 Å². The monoisotopic (exact) mass is 645 g/mol. The molecular formula is C45H31N3S. The van der Waals surface area contributed by atoms with Crippen molar-refractivity contribution < 1.29 is 0 Å². The van der Waals surface area contributed by atoms with E-state index >= 15 is 0 Å². The first kappa shape index (κ1) is 28.1. The molecule has 0 fully saturated rings. The molecule has 0 N–H and O–H groups in total. The molecule has 10 aromatic rings. The van der Waals surface area contributed by atoms with Crippen LogP contribution in [-0.4, -0.2) is 14.1 Å². The number of aryl methyl sites for hydroxylation is 1. The van der Waals surface area contributed by atoms with Gasteiger partial charge in [0, 0.05) is 48.7 Å². The minimum absolute atomic E-state index is 0.876. The van der Waals surface area contributed by atoms with E-state index in [0.717, 1.165) is 29.0 Å². The van der Waals surface area contributed by atoms with Gasteiger partial charge in [-0.1, -0.05) is 91.9 Å². The summed E-state index contributed by atoms with van der Waals surface area (Å²) < 4.78 is 7.28. The largest absolute Gasteiger partial charge is 0.309 e. The van der Waals surface area contributed by atoms with Gasteiger partial charge in [0.05, 0.1) is 22.1 Å². The fraction of sp³-hybridized carbons (Fsp3) is 0.0444. The number of rotatable bonds is 5. The highest BCUT2D eigenvalue weighted by Crippen LogP contribution is 2.42. The molecule has 0 aliphatic rings. The summed E-state index contributed by atoms with van der Waals surface area (Å²) in [6.45, 7) is 2.17. The van der Waals surface area contributed by atoms with E-state index in [1.165, 1.54) is 69.9 Å². The Kier molecular flexibility index (Phi) is 6.33. The van der Waals surface area contributed by atoms with Gasteiger partial charge in [-0.15, -0.1) is 11.3 Å². The average molecular weight is 646 g/mol. The lowest BCUT2D eigenvalue weighted by Crippen LogP contribution is -1.99. The molecule has 0 amide bonds. The molecule has 3 heterocycles. The Hall–Kier alpha value is -5.97. The van der Waals surface area contributed by atoms with Gasteiger partial charge in [0.2, 0.25) is 0 Å². The molecule has 0 saturated heterocycles. The normalized spacial score (nSPS) is 11.9. The van der Waals surface area contributed by atoms with Crippen LogP contribution in [0.5, 0.6) is 0 Å². The minimum Gasteiger partial charge on any atom is -0.309 e. The molecule has 3 nitrogen and oxygen atoms in total. The third-order valence-electron chi connectivity index (χ3n) is 9.90. The van der Waals surface area contributed by atoms with Crippen LogP contribution in [0.25, 0.3) is 86.6 Å². The van der Waals surface area contributed by atoms with Crippen LogP contribution in [0.3, 0.4) is 0 Å². The van der Waals surface area contributed by atoms with E-state index < -0.39 is 0 Å². The topological polar surface area (TPSA) is 22.8 Å². The number of para-hydroxylation sites is 4. The van der Waals surface area contributed by atoms with Crippen molar-refractivity contribution in [3.8, 4) is 33.6 Å². The van der Waals surface area contributed by atoms with E-state index in [0.29, 0.717) is 0 Å². The summed E-state index contributed by atoms with van der Waals surface area (Å²) >= 11 is 1.87. The van der Waals surface area contributed by atoms with Crippen LogP contribution in [0, 0.1) is 0 Å². The standard InChI is InChI=1S/C45H31N3S/c1-2-44-46-38-15-7-9-17-41(38)48(44)33-23-19-29(20-24-33)34-14-10-18-43-45(34)37-28-31(22-26-42(37)49-43)30-21-25-40-36(27-30)35-13-6-8-16-39(35)47(40)32-11-4-3-5-12-32/h3-28H,2H2,1H3. The van der Waals surface area contributed by atoms with Crippen molar-refractivity contribution in [2.24, 2.45) is 0 Å². The van der Waals surface area contributed by atoms with Gasteiger partial charge in [-0.05, 0) is 95.1 Å². The summed E-state index contributed by atoms with van der Waals surface area (Å²) in [6, 6.07) is 57.4. The summed E-state index contributed by atoms with van der Waals surface area (Å²) in [5.74, 6) is 1.08. The lowest BCUT2D eigenvalue weighted by atomic mass is 9.96. The van der Waals surface area contributed by atoms with Gasteiger partial charge in [0.25, 0.3) is 0 Å². The zero-order valence-electron chi connectivity index (χ0n) is 27.0. The number of nitrogens with zero attached hydrogens (tertiary/aromatic N) is 3. The number of thiophene rings is 1. The van der Waals surface area contributed by atoms with Crippen molar-refractivity contribution >= 4 is 64.3 Å². The van der Waals surface area contributed by atoms with Crippen molar-refractivity contribution in [2.45, 2.75) is 13.3 Å². The molecule has 0 radical (unpaired) electrons. The Morgan fingerprint density at radius 2 is 1.16 bits per heavy atom. The van der Waals surface area contributed by atoms with E-state index in [4.69, 9.17) is 4.98 Å². The molecule has 4 heteroatoms. The van der Waals surface area contributed by atoms with Gasteiger partial charge in [-0.3, -0.25) is 4.57 Å². The molecule has 7 aromatic carbocycles. The highest BCUT2D eigenvalue weighted by atomic mass is 32.1. The van der Waals surface area contributed by atoms with Crippen LogP contribution in [0.2, 0.25) is 0 Å². The number of imidazole rings is 1. The summed E-state index contributed by atoms with van der Waals surface area (Å²) in [6.07, 6.45) is 0.876. The van der Waals surface area contributed by atoms with Crippen LogP contribution >= 0.6 is 11.3 Å². The predicted molar refractivity (Wildman–Crippen MR) is 209 cm³/mol. The summed E-state index contributed by atoms with van der Waals surface area (Å²) in [5.41, 5.74) is 11.9. The van der Waals surface area contributed by atoms with Crippen molar-refractivity contribution in [1.29, 1.82) is 0 Å². The van der Waals surface area contributed by atoms with Crippen LogP contribution < -0.4 is 0 Å². The molecule has 0 spiro atoms. The van der Waals surface area contributed by atoms with Crippen LogP contribution in [0.4, 0.5) is 0 Å². The second kappa shape index (κ2) is 11.0. The highest BCUT2D eigenvalue weighted by molar-refractivity contribution is 7.26. The molecule has 0 aliphatic heterocycles. The molecule has 232 valence electrons. The molecule has 3 aromatic heterocycles. The van der Waals surface area contributed by atoms with Crippen LogP contribution in [0.1, 0.15) is 12.7 Å². The molecule has 0 aliphatic carbocycles. The Bertz CT molecular complexity index is 2850. The van der Waals surface area contributed by atoms with E-state index in [-0.39, 0.29) is 0 Å². The Balaban J connectivity index is 1.10. The third-order valence-corrected chi connectivity index (χ3v) is 11.0. The first-order valence-electron chi connectivity index (χ1n) is 16.9. The number of fused-ring (bicyclic) bond motifs is 7. The van der Waals surface area contributed by atoms with Gasteiger partial charge >= 0.3 is 0 Å². The fourth-order valence-corrected chi connectivity index (χ4v) is 8.76. The zero-order chi connectivity index (χ0) is 32.5. The molecule has 0 bridgehead atoms. The zero-order valence-corrected chi connectivity index (χ0v) is 27.8. The van der Waals surface area contributed by atoms with Crippen LogP contribution in [-0.2, 0) is 6.42 Å². The summed E-state index contributed by atoms with van der Waals surface area (Å²) in [5, 5.41) is 5.16. The lowest BCUT2D eigenvalue weighted by molar-refractivity contribution is 0.908. The molecule has 0 saturated carbocycles. The quantitative estimate of drug-likeness (QED) is 0.183. The molecule has 0 atom stereocenters. The SMILES string of the molecule is CCc1nc2ccccc2n1-c1ccc(-c2cccc3sc4ccc(-c5ccc6c(c5)c5ccccc5n6-c5ccccc5)cc4c23)cc1. The van der Waals surface area contributed by atoms with Crippen molar-refractivity contribution in [3.05, 3.63) is 164 Å². The van der Waals surface area contributed by atoms with E-state index in [1.54, 1.807) is 0 Å². The summed E-state index contributed by atoms with van der Waals surface area (Å²) in [4.78, 5) is 4.90. The molecule has 10 rings (SSSR count). The first-order chi connectivity index (χ1) is 24.2. The van der Waals surface area contributed by atoms with E-state index in [2.05, 4.69) is 174 Å². The number of hydrogen-bond acceptors (Lipinski definition) is 2. The van der Waals surface area contributed by atoms with E-state index in [9.17, 15) is 0 Å². The number of hydrogen-bond donors (Lipinski definition) is 0. The Labute approximate surface area is 287 Å². The number of benzene rings is 7. The average Bonchev–Trinajstić information content (AvgIpc) is 3.84. The summed E-state index contributed by atoms with van der Waals surface area (Å²) in [7, 11) is 0. The molecular weight excluding hydrogens is 615 g/mol. The number of aromatic nitrogens is 3. The maximum atomic E-state index is 4.90. The lowest BCUT2D eigenvalue weighted by Gasteiger charge is -2.11. The minimum atomic E-state index is 0.876. The van der Waals surface area contributed by atoms with Gasteiger partial charge in [0.1, 0.15) is 5.82 Å². The van der Waals surface area contributed by atoms with Crippen LogP contribution in [0.15, 0.2) is 158 Å². The second-order valence-electron chi connectivity index (χ2n) is 12.7. The maximum absolute atomic E-state index is 4.90. The maximum Gasteiger partial charge on any atom is 0.114 e. The second-order valence-corrected chi connectivity index (χ2v) is 13.7. The van der Waals surface area contributed by atoms with Gasteiger partial charge < -0.3 is 4.57 Å².